The molecule has 0 unspecified atom stereocenters. The highest BCUT2D eigenvalue weighted by atomic mass is 16.1. The minimum absolute atomic E-state index is 0.103. The number of hydrogen-bond acceptors (Lipinski definition) is 2. The van der Waals surface area contributed by atoms with Crippen LogP contribution in [0.25, 0.3) is 5.65 Å². The Kier molecular flexibility index (Phi) is 3.22. The van der Waals surface area contributed by atoms with Gasteiger partial charge in [0.05, 0.1) is 11.4 Å². The summed E-state index contributed by atoms with van der Waals surface area (Å²) in [5.74, 6) is -0.103. The van der Waals surface area contributed by atoms with Crippen LogP contribution in [0.4, 0.5) is 5.69 Å². The molecule has 0 saturated heterocycles. The first-order valence-corrected chi connectivity index (χ1v) is 6.87. The lowest BCUT2D eigenvalue weighted by atomic mass is 10.1. The van der Waals surface area contributed by atoms with Gasteiger partial charge in [-0.2, -0.15) is 0 Å². The molecule has 4 nitrogen and oxygen atoms in total. The number of fused-ring (bicyclic) bond motifs is 1. The monoisotopic (exact) mass is 279 g/mol. The Morgan fingerprint density at radius 2 is 1.86 bits per heavy atom. The standard InChI is InChI=1S/C17H17N3O/c1-11-4-5-14(8-12(11)2)17(21)19-15-6-7-16-18-13(3)9-20(16)10-15/h4-10H,1-3H3,(H,19,21). The maximum atomic E-state index is 12.3. The van der Waals surface area contributed by atoms with Gasteiger partial charge in [0.2, 0.25) is 0 Å². The van der Waals surface area contributed by atoms with Crippen molar-refractivity contribution in [2.45, 2.75) is 20.8 Å². The fraction of sp³-hybridized carbons (Fsp3) is 0.176. The molecule has 2 aromatic heterocycles. The highest BCUT2D eigenvalue weighted by molar-refractivity contribution is 6.04. The van der Waals surface area contributed by atoms with Crippen molar-refractivity contribution in [3.8, 4) is 0 Å². The van der Waals surface area contributed by atoms with Gasteiger partial charge >= 0.3 is 0 Å². The fourth-order valence-electron chi connectivity index (χ4n) is 2.28. The molecule has 0 atom stereocenters. The zero-order chi connectivity index (χ0) is 15.0. The van der Waals surface area contributed by atoms with Gasteiger partial charge in [0.25, 0.3) is 5.91 Å². The van der Waals surface area contributed by atoms with E-state index in [1.54, 1.807) is 0 Å². The predicted octanol–water partition coefficient (Wildman–Crippen LogP) is 3.51. The number of carbonyl (C=O) groups excluding carboxylic acids is 1. The Hall–Kier alpha value is -2.62. The van der Waals surface area contributed by atoms with E-state index >= 15 is 0 Å². The van der Waals surface area contributed by atoms with Crippen molar-refractivity contribution in [3.05, 3.63) is 65.1 Å². The number of aryl methyl sites for hydroxylation is 3. The Labute approximate surface area is 123 Å². The van der Waals surface area contributed by atoms with Crippen LogP contribution in [0, 0.1) is 20.8 Å². The van der Waals surface area contributed by atoms with Gasteiger partial charge in [-0.15, -0.1) is 0 Å². The summed E-state index contributed by atoms with van der Waals surface area (Å²) >= 11 is 0. The van der Waals surface area contributed by atoms with Crippen LogP contribution in [0.15, 0.2) is 42.7 Å². The molecule has 0 bridgehead atoms. The second kappa shape index (κ2) is 5.05. The Morgan fingerprint density at radius 1 is 1.05 bits per heavy atom. The van der Waals surface area contributed by atoms with Crippen molar-refractivity contribution < 1.29 is 4.79 Å². The minimum atomic E-state index is -0.103. The van der Waals surface area contributed by atoms with E-state index in [2.05, 4.69) is 10.3 Å². The Bertz CT molecular complexity index is 833. The molecule has 21 heavy (non-hydrogen) atoms. The van der Waals surface area contributed by atoms with Crippen LogP contribution in [-0.2, 0) is 0 Å². The highest BCUT2D eigenvalue weighted by Gasteiger charge is 2.08. The summed E-state index contributed by atoms with van der Waals surface area (Å²) in [7, 11) is 0. The van der Waals surface area contributed by atoms with E-state index in [9.17, 15) is 4.79 Å². The van der Waals surface area contributed by atoms with Crippen LogP contribution < -0.4 is 5.32 Å². The third kappa shape index (κ3) is 2.65. The largest absolute Gasteiger partial charge is 0.321 e. The van der Waals surface area contributed by atoms with Gasteiger partial charge < -0.3 is 9.72 Å². The Balaban J connectivity index is 1.86. The Morgan fingerprint density at radius 3 is 2.62 bits per heavy atom. The maximum absolute atomic E-state index is 12.3. The molecule has 106 valence electrons. The van der Waals surface area contributed by atoms with Crippen LogP contribution in [0.2, 0.25) is 0 Å². The molecule has 1 N–H and O–H groups in total. The summed E-state index contributed by atoms with van der Waals surface area (Å²) in [4.78, 5) is 16.6. The molecule has 2 heterocycles. The van der Waals surface area contributed by atoms with Gasteiger partial charge in [-0.1, -0.05) is 6.07 Å². The minimum Gasteiger partial charge on any atom is -0.321 e. The maximum Gasteiger partial charge on any atom is 0.255 e. The van der Waals surface area contributed by atoms with E-state index in [0.717, 1.165) is 22.6 Å². The number of hydrogen-bond donors (Lipinski definition) is 1. The van der Waals surface area contributed by atoms with E-state index in [-0.39, 0.29) is 5.91 Å². The first kappa shape index (κ1) is 13.4. The summed E-state index contributed by atoms with van der Waals surface area (Å²) in [6.45, 7) is 5.99. The van der Waals surface area contributed by atoms with Crippen LogP contribution in [0.3, 0.4) is 0 Å². The van der Waals surface area contributed by atoms with Crippen molar-refractivity contribution in [2.75, 3.05) is 5.32 Å². The summed E-state index contributed by atoms with van der Waals surface area (Å²) < 4.78 is 1.91. The lowest BCUT2D eigenvalue weighted by Crippen LogP contribution is -2.12. The van der Waals surface area contributed by atoms with E-state index in [0.29, 0.717) is 5.56 Å². The summed E-state index contributed by atoms with van der Waals surface area (Å²) in [6.07, 6.45) is 3.80. The molecule has 0 saturated carbocycles. The molecule has 0 aliphatic heterocycles. The van der Waals surface area contributed by atoms with Crippen LogP contribution in [0.1, 0.15) is 27.2 Å². The zero-order valence-electron chi connectivity index (χ0n) is 12.3. The van der Waals surface area contributed by atoms with Gasteiger partial charge in [-0.05, 0) is 56.2 Å². The third-order valence-corrected chi connectivity index (χ3v) is 3.60. The molecule has 0 spiro atoms. The van der Waals surface area contributed by atoms with Gasteiger partial charge in [0.15, 0.2) is 0 Å². The normalized spacial score (nSPS) is 10.8. The lowest BCUT2D eigenvalue weighted by Gasteiger charge is -2.07. The van der Waals surface area contributed by atoms with Crippen molar-refractivity contribution in [1.82, 2.24) is 9.38 Å². The highest BCUT2D eigenvalue weighted by Crippen LogP contribution is 2.14. The van der Waals surface area contributed by atoms with E-state index in [4.69, 9.17) is 0 Å². The molecular formula is C17H17N3O. The third-order valence-electron chi connectivity index (χ3n) is 3.60. The first-order valence-electron chi connectivity index (χ1n) is 6.87. The molecule has 1 amide bonds. The van der Waals surface area contributed by atoms with Gasteiger partial charge in [-0.25, -0.2) is 4.98 Å². The number of nitrogens with one attached hydrogen (secondary N) is 1. The second-order valence-corrected chi connectivity index (χ2v) is 5.32. The van der Waals surface area contributed by atoms with E-state index in [1.165, 1.54) is 5.56 Å². The number of imidazole rings is 1. The number of benzene rings is 1. The van der Waals surface area contributed by atoms with E-state index < -0.39 is 0 Å². The molecule has 3 rings (SSSR count). The van der Waals surface area contributed by atoms with Crippen molar-refractivity contribution in [2.24, 2.45) is 0 Å². The van der Waals surface area contributed by atoms with Crippen LogP contribution >= 0.6 is 0 Å². The summed E-state index contributed by atoms with van der Waals surface area (Å²) in [6, 6.07) is 9.47. The number of anilines is 1. The molecule has 3 aromatic rings. The molecule has 0 radical (unpaired) electrons. The SMILES string of the molecule is Cc1cn2cc(NC(=O)c3ccc(C)c(C)c3)ccc2n1. The molecular weight excluding hydrogens is 262 g/mol. The second-order valence-electron chi connectivity index (χ2n) is 5.32. The van der Waals surface area contributed by atoms with Crippen LogP contribution in [0.5, 0.6) is 0 Å². The molecule has 1 aromatic carbocycles. The van der Waals surface area contributed by atoms with Crippen molar-refractivity contribution in [3.63, 3.8) is 0 Å². The van der Waals surface area contributed by atoms with Gasteiger partial charge in [-0.3, -0.25) is 4.79 Å². The van der Waals surface area contributed by atoms with Crippen LogP contribution in [-0.4, -0.2) is 15.3 Å². The molecule has 4 heteroatoms. The topological polar surface area (TPSA) is 46.4 Å². The average molecular weight is 279 g/mol. The van der Waals surface area contributed by atoms with Crippen molar-refractivity contribution >= 4 is 17.2 Å². The van der Waals surface area contributed by atoms with Crippen molar-refractivity contribution in [1.29, 1.82) is 0 Å². The number of aromatic nitrogens is 2. The average Bonchev–Trinajstić information content (AvgIpc) is 2.81. The zero-order valence-corrected chi connectivity index (χ0v) is 12.3. The number of pyridine rings is 1. The quantitative estimate of drug-likeness (QED) is 0.780. The summed E-state index contributed by atoms with van der Waals surface area (Å²) in [5, 5.41) is 2.92. The lowest BCUT2D eigenvalue weighted by molar-refractivity contribution is 0.102. The molecule has 0 aliphatic rings. The molecule has 0 aliphatic carbocycles. The number of rotatable bonds is 2. The smallest absolute Gasteiger partial charge is 0.255 e. The predicted molar refractivity (Wildman–Crippen MR) is 83.8 cm³/mol. The number of amides is 1. The molecule has 0 fully saturated rings. The fourth-order valence-corrected chi connectivity index (χ4v) is 2.28. The summed E-state index contributed by atoms with van der Waals surface area (Å²) in [5.41, 5.74) is 5.54. The van der Waals surface area contributed by atoms with Gasteiger partial charge in [0, 0.05) is 18.0 Å². The number of nitrogens with zero attached hydrogens (tertiary/aromatic N) is 2. The first-order chi connectivity index (χ1) is 10.0. The van der Waals surface area contributed by atoms with E-state index in [1.807, 2.05) is 67.9 Å². The van der Waals surface area contributed by atoms with Gasteiger partial charge in [0.1, 0.15) is 5.65 Å². The number of carbonyl (C=O) groups is 1.